The SMILES string of the molecule is CC1CCC(Nc2ncc(Cl)cn2)C1C. The first-order valence-corrected chi connectivity index (χ1v) is 5.78. The summed E-state index contributed by atoms with van der Waals surface area (Å²) in [5.74, 6) is 2.16. The first kappa shape index (κ1) is 10.7. The average Bonchev–Trinajstić information content (AvgIpc) is 2.53. The number of nitrogens with one attached hydrogen (secondary N) is 1. The van der Waals surface area contributed by atoms with Gasteiger partial charge in [-0.2, -0.15) is 0 Å². The minimum atomic E-state index is 0.501. The van der Waals surface area contributed by atoms with Gasteiger partial charge in [0.2, 0.25) is 5.95 Å². The van der Waals surface area contributed by atoms with E-state index < -0.39 is 0 Å². The fourth-order valence-corrected chi connectivity index (χ4v) is 2.22. The minimum absolute atomic E-state index is 0.501. The molecule has 3 atom stereocenters. The van der Waals surface area contributed by atoms with E-state index in [1.165, 1.54) is 12.8 Å². The molecule has 1 saturated carbocycles. The lowest BCUT2D eigenvalue weighted by Crippen LogP contribution is -2.25. The first-order chi connectivity index (χ1) is 7.16. The van der Waals surface area contributed by atoms with Crippen molar-refractivity contribution in [1.82, 2.24) is 9.97 Å². The van der Waals surface area contributed by atoms with Gasteiger partial charge in [0.25, 0.3) is 0 Å². The molecular weight excluding hydrogens is 210 g/mol. The number of rotatable bonds is 2. The molecule has 0 aliphatic heterocycles. The van der Waals surface area contributed by atoms with E-state index in [4.69, 9.17) is 11.6 Å². The Morgan fingerprint density at radius 3 is 2.47 bits per heavy atom. The number of hydrogen-bond acceptors (Lipinski definition) is 3. The van der Waals surface area contributed by atoms with Gasteiger partial charge in [0.15, 0.2) is 0 Å². The standard InChI is InChI=1S/C11H16ClN3/c1-7-3-4-10(8(7)2)15-11-13-5-9(12)6-14-11/h5-8,10H,3-4H2,1-2H3,(H,13,14,15). The first-order valence-electron chi connectivity index (χ1n) is 5.41. The van der Waals surface area contributed by atoms with E-state index in [0.717, 1.165) is 5.92 Å². The Bertz CT molecular complexity index is 325. The van der Waals surface area contributed by atoms with Gasteiger partial charge in [0, 0.05) is 6.04 Å². The molecule has 4 heteroatoms. The Morgan fingerprint density at radius 2 is 1.93 bits per heavy atom. The van der Waals surface area contributed by atoms with Crippen LogP contribution in [0.4, 0.5) is 5.95 Å². The Labute approximate surface area is 95.3 Å². The number of hydrogen-bond donors (Lipinski definition) is 1. The summed E-state index contributed by atoms with van der Waals surface area (Å²) in [6.45, 7) is 4.58. The number of halogens is 1. The summed E-state index contributed by atoms with van der Waals surface area (Å²) in [4.78, 5) is 8.29. The zero-order valence-corrected chi connectivity index (χ0v) is 9.83. The summed E-state index contributed by atoms with van der Waals surface area (Å²) in [5, 5.41) is 3.94. The van der Waals surface area contributed by atoms with E-state index in [2.05, 4.69) is 29.1 Å². The van der Waals surface area contributed by atoms with Gasteiger partial charge in [-0.25, -0.2) is 9.97 Å². The second kappa shape index (κ2) is 4.35. The average molecular weight is 226 g/mol. The maximum Gasteiger partial charge on any atom is 0.222 e. The van der Waals surface area contributed by atoms with Crippen molar-refractivity contribution < 1.29 is 0 Å². The molecule has 3 unspecified atom stereocenters. The van der Waals surface area contributed by atoms with Gasteiger partial charge in [-0.15, -0.1) is 0 Å². The number of anilines is 1. The number of nitrogens with zero attached hydrogens (tertiary/aromatic N) is 2. The lowest BCUT2D eigenvalue weighted by Gasteiger charge is -2.19. The van der Waals surface area contributed by atoms with Crippen molar-refractivity contribution in [3.05, 3.63) is 17.4 Å². The highest BCUT2D eigenvalue weighted by molar-refractivity contribution is 6.30. The van der Waals surface area contributed by atoms with Crippen LogP contribution in [-0.2, 0) is 0 Å². The highest BCUT2D eigenvalue weighted by atomic mass is 35.5. The van der Waals surface area contributed by atoms with Crippen molar-refractivity contribution in [1.29, 1.82) is 0 Å². The maximum absolute atomic E-state index is 5.73. The molecule has 1 aliphatic rings. The molecule has 0 radical (unpaired) electrons. The van der Waals surface area contributed by atoms with Gasteiger partial charge in [0.1, 0.15) is 0 Å². The molecule has 0 bridgehead atoms. The van der Waals surface area contributed by atoms with Gasteiger partial charge in [0.05, 0.1) is 17.4 Å². The monoisotopic (exact) mass is 225 g/mol. The maximum atomic E-state index is 5.73. The zero-order chi connectivity index (χ0) is 10.8. The van der Waals surface area contributed by atoms with Crippen molar-refractivity contribution in [3.8, 4) is 0 Å². The molecule has 82 valence electrons. The van der Waals surface area contributed by atoms with Gasteiger partial charge < -0.3 is 5.32 Å². The van der Waals surface area contributed by atoms with Crippen molar-refractivity contribution >= 4 is 17.5 Å². The van der Waals surface area contributed by atoms with E-state index in [-0.39, 0.29) is 0 Å². The summed E-state index contributed by atoms with van der Waals surface area (Å²) in [7, 11) is 0. The molecule has 0 saturated heterocycles. The lowest BCUT2D eigenvalue weighted by molar-refractivity contribution is 0.434. The largest absolute Gasteiger partial charge is 0.351 e. The van der Waals surface area contributed by atoms with Crippen LogP contribution < -0.4 is 5.32 Å². The summed E-state index contributed by atoms with van der Waals surface area (Å²) in [6.07, 6.45) is 5.74. The second-order valence-corrected chi connectivity index (χ2v) is 4.83. The van der Waals surface area contributed by atoms with E-state index in [1.54, 1.807) is 12.4 Å². The van der Waals surface area contributed by atoms with Crippen LogP contribution in [0.3, 0.4) is 0 Å². The summed E-state index contributed by atoms with van der Waals surface area (Å²) < 4.78 is 0. The van der Waals surface area contributed by atoms with Crippen LogP contribution in [-0.4, -0.2) is 16.0 Å². The predicted octanol–water partition coefficient (Wildman–Crippen LogP) is 2.98. The molecule has 3 nitrogen and oxygen atoms in total. The molecule has 1 aromatic rings. The van der Waals surface area contributed by atoms with Gasteiger partial charge >= 0.3 is 0 Å². The lowest BCUT2D eigenvalue weighted by atomic mass is 9.98. The molecule has 1 aromatic heterocycles. The Hall–Kier alpha value is -0.830. The highest BCUT2D eigenvalue weighted by Crippen LogP contribution is 2.32. The van der Waals surface area contributed by atoms with Gasteiger partial charge in [-0.3, -0.25) is 0 Å². The van der Waals surface area contributed by atoms with Crippen molar-refractivity contribution in [3.63, 3.8) is 0 Å². The second-order valence-electron chi connectivity index (χ2n) is 4.39. The van der Waals surface area contributed by atoms with E-state index in [1.807, 2.05) is 0 Å². The third-order valence-electron chi connectivity index (χ3n) is 3.40. The topological polar surface area (TPSA) is 37.8 Å². The Balaban J connectivity index is 2.00. The van der Waals surface area contributed by atoms with Crippen LogP contribution in [0.15, 0.2) is 12.4 Å². The molecule has 1 fully saturated rings. The highest BCUT2D eigenvalue weighted by Gasteiger charge is 2.29. The molecule has 0 aromatic carbocycles. The predicted molar refractivity (Wildman–Crippen MR) is 62.0 cm³/mol. The minimum Gasteiger partial charge on any atom is -0.351 e. The number of aromatic nitrogens is 2. The molecule has 1 heterocycles. The molecule has 0 spiro atoms. The van der Waals surface area contributed by atoms with E-state index in [9.17, 15) is 0 Å². The summed E-state index contributed by atoms with van der Waals surface area (Å²) >= 11 is 5.73. The van der Waals surface area contributed by atoms with Crippen LogP contribution in [0, 0.1) is 11.8 Å². The molecule has 1 N–H and O–H groups in total. The van der Waals surface area contributed by atoms with E-state index in [0.29, 0.717) is 22.9 Å². The fourth-order valence-electron chi connectivity index (χ4n) is 2.12. The smallest absolute Gasteiger partial charge is 0.222 e. The van der Waals surface area contributed by atoms with Crippen LogP contribution >= 0.6 is 11.6 Å². The van der Waals surface area contributed by atoms with Crippen LogP contribution in [0.1, 0.15) is 26.7 Å². The van der Waals surface area contributed by atoms with Crippen LogP contribution in [0.5, 0.6) is 0 Å². The van der Waals surface area contributed by atoms with Crippen LogP contribution in [0.25, 0.3) is 0 Å². The van der Waals surface area contributed by atoms with Crippen molar-refractivity contribution in [2.75, 3.05) is 5.32 Å². The third kappa shape index (κ3) is 2.40. The Morgan fingerprint density at radius 1 is 1.27 bits per heavy atom. The zero-order valence-electron chi connectivity index (χ0n) is 9.07. The van der Waals surface area contributed by atoms with E-state index >= 15 is 0 Å². The quantitative estimate of drug-likeness (QED) is 0.841. The van der Waals surface area contributed by atoms with Gasteiger partial charge in [-0.1, -0.05) is 25.4 Å². The van der Waals surface area contributed by atoms with Crippen molar-refractivity contribution in [2.24, 2.45) is 11.8 Å². The molecule has 0 amide bonds. The fraction of sp³-hybridized carbons (Fsp3) is 0.636. The normalized spacial score (nSPS) is 30.5. The van der Waals surface area contributed by atoms with Crippen LogP contribution in [0.2, 0.25) is 5.02 Å². The molecule has 2 rings (SSSR count). The molecular formula is C11H16ClN3. The molecule has 1 aliphatic carbocycles. The van der Waals surface area contributed by atoms with Crippen molar-refractivity contribution in [2.45, 2.75) is 32.7 Å². The summed E-state index contributed by atoms with van der Waals surface area (Å²) in [5.41, 5.74) is 0. The molecule has 15 heavy (non-hydrogen) atoms. The third-order valence-corrected chi connectivity index (χ3v) is 3.60. The van der Waals surface area contributed by atoms with Gasteiger partial charge in [-0.05, 0) is 24.7 Å². The Kier molecular flexibility index (Phi) is 3.10. The summed E-state index contributed by atoms with van der Waals surface area (Å²) in [6, 6.07) is 0.501.